The van der Waals surface area contributed by atoms with Gasteiger partial charge in [-0.15, -0.1) is 0 Å². The number of aromatic nitrogens is 2. The molecular formula is C23H26ClN5O. The Labute approximate surface area is 182 Å². The van der Waals surface area contributed by atoms with Gasteiger partial charge in [0.15, 0.2) is 0 Å². The second-order valence-corrected chi connectivity index (χ2v) is 7.32. The van der Waals surface area contributed by atoms with Crippen LogP contribution in [0.3, 0.4) is 0 Å². The van der Waals surface area contributed by atoms with Crippen molar-refractivity contribution in [3.63, 3.8) is 0 Å². The third kappa shape index (κ3) is 5.94. The number of nitrogens with zero attached hydrogens (tertiary/aromatic N) is 3. The van der Waals surface area contributed by atoms with Gasteiger partial charge in [0.2, 0.25) is 5.91 Å². The SMILES string of the molecule is CCN(CC)c1cc(Nc2ccc(NC(=O)Cc3ccc(Cl)cc3)cc2)nc(C)n1. The average molecular weight is 424 g/mol. The molecule has 1 amide bonds. The van der Waals surface area contributed by atoms with Crippen LogP contribution in [-0.2, 0) is 11.2 Å². The van der Waals surface area contributed by atoms with Crippen LogP contribution >= 0.6 is 11.6 Å². The number of amides is 1. The molecule has 0 spiro atoms. The minimum Gasteiger partial charge on any atom is -0.357 e. The summed E-state index contributed by atoms with van der Waals surface area (Å²) in [5, 5.41) is 6.88. The Hall–Kier alpha value is -3.12. The van der Waals surface area contributed by atoms with Crippen molar-refractivity contribution in [3.8, 4) is 0 Å². The van der Waals surface area contributed by atoms with Crippen LogP contribution in [0.25, 0.3) is 0 Å². The van der Waals surface area contributed by atoms with E-state index < -0.39 is 0 Å². The minimum atomic E-state index is -0.0756. The van der Waals surface area contributed by atoms with Crippen molar-refractivity contribution in [3.05, 3.63) is 71.0 Å². The van der Waals surface area contributed by atoms with Crippen LogP contribution in [-0.4, -0.2) is 29.0 Å². The lowest BCUT2D eigenvalue weighted by Gasteiger charge is -2.20. The lowest BCUT2D eigenvalue weighted by Crippen LogP contribution is -2.23. The summed E-state index contributed by atoms with van der Waals surface area (Å²) in [5.41, 5.74) is 2.54. The van der Waals surface area contributed by atoms with Gasteiger partial charge in [0, 0.05) is 35.6 Å². The summed E-state index contributed by atoms with van der Waals surface area (Å²) in [7, 11) is 0. The molecule has 2 N–H and O–H groups in total. The zero-order valence-electron chi connectivity index (χ0n) is 17.4. The first kappa shape index (κ1) is 21.6. The summed E-state index contributed by atoms with van der Waals surface area (Å²) in [6.45, 7) is 7.87. The largest absolute Gasteiger partial charge is 0.357 e. The Morgan fingerprint density at radius 1 is 0.967 bits per heavy atom. The summed E-state index contributed by atoms with van der Waals surface area (Å²) >= 11 is 5.88. The molecule has 6 nitrogen and oxygen atoms in total. The normalized spacial score (nSPS) is 10.5. The number of aryl methyl sites for hydroxylation is 1. The predicted molar refractivity (Wildman–Crippen MR) is 124 cm³/mol. The van der Waals surface area contributed by atoms with E-state index in [0.29, 0.717) is 17.3 Å². The van der Waals surface area contributed by atoms with Crippen LogP contribution in [0.1, 0.15) is 25.2 Å². The highest BCUT2D eigenvalue weighted by molar-refractivity contribution is 6.30. The molecule has 0 unspecified atom stereocenters. The molecule has 0 saturated heterocycles. The fourth-order valence-electron chi connectivity index (χ4n) is 3.10. The molecule has 0 aliphatic heterocycles. The number of carbonyl (C=O) groups is 1. The number of benzene rings is 2. The van der Waals surface area contributed by atoms with Crippen molar-refractivity contribution in [2.45, 2.75) is 27.2 Å². The lowest BCUT2D eigenvalue weighted by molar-refractivity contribution is -0.115. The first-order valence-electron chi connectivity index (χ1n) is 9.99. The second kappa shape index (κ2) is 10.1. The summed E-state index contributed by atoms with van der Waals surface area (Å²) in [6.07, 6.45) is 0.297. The molecule has 3 aromatic rings. The lowest BCUT2D eigenvalue weighted by atomic mass is 10.1. The van der Waals surface area contributed by atoms with E-state index in [9.17, 15) is 4.79 Å². The molecule has 7 heteroatoms. The van der Waals surface area contributed by atoms with Crippen LogP contribution in [0.15, 0.2) is 54.6 Å². The topological polar surface area (TPSA) is 70.2 Å². The summed E-state index contributed by atoms with van der Waals surface area (Å²) in [5.74, 6) is 2.28. The number of carbonyl (C=O) groups excluding carboxylic acids is 1. The predicted octanol–water partition coefficient (Wildman–Crippen LogP) is 5.21. The van der Waals surface area contributed by atoms with E-state index >= 15 is 0 Å². The van der Waals surface area contributed by atoms with Crippen molar-refractivity contribution in [1.29, 1.82) is 0 Å². The van der Waals surface area contributed by atoms with Gasteiger partial charge in [0.25, 0.3) is 0 Å². The van der Waals surface area contributed by atoms with Crippen LogP contribution in [0.4, 0.5) is 23.0 Å². The zero-order valence-corrected chi connectivity index (χ0v) is 18.2. The molecule has 0 radical (unpaired) electrons. The summed E-state index contributed by atoms with van der Waals surface area (Å²) in [4.78, 5) is 23.4. The van der Waals surface area contributed by atoms with Gasteiger partial charge in [-0.25, -0.2) is 9.97 Å². The molecule has 1 aromatic heterocycles. The van der Waals surface area contributed by atoms with Crippen LogP contribution < -0.4 is 15.5 Å². The van der Waals surface area contributed by atoms with Crippen molar-refractivity contribution in [2.24, 2.45) is 0 Å². The zero-order chi connectivity index (χ0) is 21.5. The quantitative estimate of drug-likeness (QED) is 0.520. The van der Waals surface area contributed by atoms with Gasteiger partial charge in [-0.1, -0.05) is 23.7 Å². The van der Waals surface area contributed by atoms with Gasteiger partial charge < -0.3 is 15.5 Å². The fraction of sp³-hybridized carbons (Fsp3) is 0.261. The van der Waals surface area contributed by atoms with E-state index in [1.54, 1.807) is 12.1 Å². The number of halogens is 1. The molecule has 1 heterocycles. The first-order valence-corrected chi connectivity index (χ1v) is 10.4. The molecule has 0 saturated carbocycles. The third-order valence-corrected chi connectivity index (χ3v) is 4.88. The maximum Gasteiger partial charge on any atom is 0.228 e. The highest BCUT2D eigenvalue weighted by Gasteiger charge is 2.08. The maximum atomic E-state index is 12.3. The Morgan fingerprint density at radius 2 is 1.60 bits per heavy atom. The van der Waals surface area contributed by atoms with Gasteiger partial charge in [0.1, 0.15) is 17.5 Å². The van der Waals surface area contributed by atoms with Crippen LogP contribution in [0.5, 0.6) is 0 Å². The Balaban J connectivity index is 1.63. The van der Waals surface area contributed by atoms with Gasteiger partial charge in [0.05, 0.1) is 6.42 Å². The number of hydrogen-bond acceptors (Lipinski definition) is 5. The first-order chi connectivity index (χ1) is 14.5. The number of anilines is 4. The highest BCUT2D eigenvalue weighted by Crippen LogP contribution is 2.21. The fourth-order valence-corrected chi connectivity index (χ4v) is 3.23. The molecular weight excluding hydrogens is 398 g/mol. The summed E-state index contributed by atoms with van der Waals surface area (Å²) < 4.78 is 0. The van der Waals surface area contributed by atoms with Gasteiger partial charge in [-0.05, 0) is 62.7 Å². The van der Waals surface area contributed by atoms with E-state index in [1.165, 1.54) is 0 Å². The number of hydrogen-bond donors (Lipinski definition) is 2. The number of rotatable bonds is 8. The monoisotopic (exact) mass is 423 g/mol. The molecule has 3 rings (SSSR count). The van der Waals surface area contributed by atoms with Gasteiger partial charge >= 0.3 is 0 Å². The maximum absolute atomic E-state index is 12.3. The third-order valence-electron chi connectivity index (χ3n) is 4.63. The standard InChI is InChI=1S/C23H26ClN5O/c1-4-29(5-2)22-15-21(25-16(3)26-22)27-19-10-12-20(13-11-19)28-23(30)14-17-6-8-18(24)9-7-17/h6-13,15H,4-5,14H2,1-3H3,(H,28,30)(H,25,26,27). The molecule has 2 aromatic carbocycles. The van der Waals surface area contributed by atoms with Gasteiger partial charge in [-0.2, -0.15) is 0 Å². The molecule has 0 bridgehead atoms. The second-order valence-electron chi connectivity index (χ2n) is 6.88. The highest BCUT2D eigenvalue weighted by atomic mass is 35.5. The number of nitrogens with one attached hydrogen (secondary N) is 2. The summed E-state index contributed by atoms with van der Waals surface area (Å²) in [6, 6.07) is 16.8. The molecule has 30 heavy (non-hydrogen) atoms. The van der Waals surface area contributed by atoms with Crippen molar-refractivity contribution in [1.82, 2.24) is 9.97 Å². The van der Waals surface area contributed by atoms with E-state index in [-0.39, 0.29) is 5.91 Å². The Kier molecular flexibility index (Phi) is 7.25. The molecule has 156 valence electrons. The van der Waals surface area contributed by atoms with E-state index in [4.69, 9.17) is 11.6 Å². The molecule has 0 aliphatic rings. The average Bonchev–Trinajstić information content (AvgIpc) is 2.72. The van der Waals surface area contributed by atoms with Crippen LogP contribution in [0, 0.1) is 6.92 Å². The smallest absolute Gasteiger partial charge is 0.228 e. The Bertz CT molecular complexity index is 985. The molecule has 0 aliphatic carbocycles. The Morgan fingerprint density at radius 3 is 2.23 bits per heavy atom. The van der Waals surface area contributed by atoms with E-state index in [1.807, 2.05) is 49.4 Å². The van der Waals surface area contributed by atoms with Crippen molar-refractivity contribution in [2.75, 3.05) is 28.6 Å². The van der Waals surface area contributed by atoms with Crippen molar-refractivity contribution < 1.29 is 4.79 Å². The van der Waals surface area contributed by atoms with E-state index in [0.717, 1.165) is 41.7 Å². The van der Waals surface area contributed by atoms with Crippen LogP contribution in [0.2, 0.25) is 5.02 Å². The minimum absolute atomic E-state index is 0.0756. The van der Waals surface area contributed by atoms with Gasteiger partial charge in [-0.3, -0.25) is 4.79 Å². The van der Waals surface area contributed by atoms with E-state index in [2.05, 4.69) is 39.3 Å². The molecule has 0 fully saturated rings. The van der Waals surface area contributed by atoms with Crippen molar-refractivity contribution >= 4 is 40.5 Å². The molecule has 0 atom stereocenters.